The topological polar surface area (TPSA) is 12.0 Å². The molecular formula is C8H9ClFN. The highest BCUT2D eigenvalue weighted by Gasteiger charge is 2.03. The van der Waals surface area contributed by atoms with Gasteiger partial charge in [-0.2, -0.15) is 0 Å². The van der Waals surface area contributed by atoms with E-state index in [9.17, 15) is 4.39 Å². The molecule has 0 radical (unpaired) electrons. The van der Waals surface area contributed by atoms with Crippen molar-refractivity contribution >= 4 is 11.6 Å². The molecule has 1 rings (SSSR count). The van der Waals surface area contributed by atoms with Crippen LogP contribution in [0.25, 0.3) is 0 Å². The zero-order valence-electron chi connectivity index (χ0n) is 6.20. The van der Waals surface area contributed by atoms with Gasteiger partial charge in [-0.25, -0.2) is 4.39 Å². The summed E-state index contributed by atoms with van der Waals surface area (Å²) in [4.78, 5) is 0. The number of halogens is 2. The minimum absolute atomic E-state index is 0.178. The molecule has 0 heterocycles. The molecule has 11 heavy (non-hydrogen) atoms. The molecule has 0 aliphatic carbocycles. The lowest BCUT2D eigenvalue weighted by atomic mass is 10.2. The maximum atomic E-state index is 13.0. The van der Waals surface area contributed by atoms with Crippen molar-refractivity contribution < 1.29 is 4.39 Å². The molecule has 3 heteroatoms. The fourth-order valence-corrected chi connectivity index (χ4v) is 1.07. The molecule has 0 unspecified atom stereocenters. The Bertz CT molecular complexity index is 250. The lowest BCUT2D eigenvalue weighted by Crippen LogP contribution is -2.06. The van der Waals surface area contributed by atoms with Crippen molar-refractivity contribution in [2.24, 2.45) is 0 Å². The molecule has 60 valence electrons. The molecule has 0 spiro atoms. The van der Waals surface area contributed by atoms with Crippen molar-refractivity contribution in [3.8, 4) is 0 Å². The minimum Gasteiger partial charge on any atom is -0.316 e. The van der Waals surface area contributed by atoms with E-state index in [0.717, 1.165) is 0 Å². The second-order valence-electron chi connectivity index (χ2n) is 2.24. The van der Waals surface area contributed by atoms with Gasteiger partial charge in [-0.15, -0.1) is 0 Å². The molecule has 0 amide bonds. The highest BCUT2D eigenvalue weighted by molar-refractivity contribution is 6.30. The van der Waals surface area contributed by atoms with Crippen LogP contribution in [-0.2, 0) is 6.54 Å². The lowest BCUT2D eigenvalue weighted by molar-refractivity contribution is 0.601. The summed E-state index contributed by atoms with van der Waals surface area (Å²) >= 11 is 5.55. The van der Waals surface area contributed by atoms with Gasteiger partial charge in [0.2, 0.25) is 0 Å². The first-order valence-corrected chi connectivity index (χ1v) is 3.71. The van der Waals surface area contributed by atoms with E-state index < -0.39 is 0 Å². The Balaban J connectivity index is 2.96. The molecule has 1 aromatic rings. The molecule has 0 aromatic heterocycles. The molecule has 0 fully saturated rings. The van der Waals surface area contributed by atoms with E-state index in [1.165, 1.54) is 6.07 Å². The van der Waals surface area contributed by atoms with Crippen LogP contribution in [0.3, 0.4) is 0 Å². The Labute approximate surface area is 70.2 Å². The van der Waals surface area contributed by atoms with Crippen LogP contribution in [0.5, 0.6) is 0 Å². The van der Waals surface area contributed by atoms with Gasteiger partial charge < -0.3 is 5.32 Å². The van der Waals surface area contributed by atoms with Crippen LogP contribution in [0.15, 0.2) is 18.2 Å². The lowest BCUT2D eigenvalue weighted by Gasteiger charge is -2.01. The van der Waals surface area contributed by atoms with Gasteiger partial charge in [0, 0.05) is 12.1 Å². The van der Waals surface area contributed by atoms with Gasteiger partial charge >= 0.3 is 0 Å². The summed E-state index contributed by atoms with van der Waals surface area (Å²) in [5.74, 6) is -0.330. The van der Waals surface area contributed by atoms with Crippen LogP contribution in [0, 0.1) is 5.82 Å². The van der Waals surface area contributed by atoms with Crippen LogP contribution in [0.2, 0.25) is 5.02 Å². The molecule has 0 saturated carbocycles. The van der Waals surface area contributed by atoms with E-state index in [2.05, 4.69) is 5.32 Å². The van der Waals surface area contributed by atoms with E-state index in [4.69, 9.17) is 11.6 Å². The fraction of sp³-hybridized carbons (Fsp3) is 0.250. The summed E-state index contributed by atoms with van der Waals surface area (Å²) in [6.07, 6.45) is 0. The zero-order chi connectivity index (χ0) is 8.27. The number of hydrogen-bond donors (Lipinski definition) is 1. The predicted molar refractivity (Wildman–Crippen MR) is 44.2 cm³/mol. The van der Waals surface area contributed by atoms with Crippen LogP contribution in [0.4, 0.5) is 4.39 Å². The first kappa shape index (κ1) is 8.50. The summed E-state index contributed by atoms with van der Waals surface area (Å²) < 4.78 is 13.0. The fourth-order valence-electron chi connectivity index (χ4n) is 0.875. The van der Waals surface area contributed by atoms with Crippen LogP contribution in [-0.4, -0.2) is 7.05 Å². The van der Waals surface area contributed by atoms with E-state index in [0.29, 0.717) is 12.1 Å². The Hall–Kier alpha value is -0.600. The summed E-state index contributed by atoms with van der Waals surface area (Å²) in [7, 11) is 1.76. The monoisotopic (exact) mass is 173 g/mol. The molecule has 0 aliphatic heterocycles. The SMILES string of the molecule is CNCc1cccc(Cl)c1F. The van der Waals surface area contributed by atoms with Gasteiger partial charge in [0.25, 0.3) is 0 Å². The largest absolute Gasteiger partial charge is 0.316 e. The summed E-state index contributed by atoms with van der Waals surface area (Å²) in [6, 6.07) is 4.98. The van der Waals surface area contributed by atoms with Crippen molar-refractivity contribution in [3.05, 3.63) is 34.6 Å². The van der Waals surface area contributed by atoms with Gasteiger partial charge in [0.05, 0.1) is 5.02 Å². The average molecular weight is 174 g/mol. The first-order valence-electron chi connectivity index (χ1n) is 3.33. The number of benzene rings is 1. The highest BCUT2D eigenvalue weighted by Crippen LogP contribution is 2.17. The Morgan fingerprint density at radius 1 is 1.55 bits per heavy atom. The van der Waals surface area contributed by atoms with Crippen molar-refractivity contribution in [1.82, 2.24) is 5.32 Å². The van der Waals surface area contributed by atoms with E-state index in [1.807, 2.05) is 0 Å². The molecular weight excluding hydrogens is 165 g/mol. The van der Waals surface area contributed by atoms with Gasteiger partial charge in [-0.05, 0) is 13.1 Å². The predicted octanol–water partition coefficient (Wildman–Crippen LogP) is 2.20. The second-order valence-corrected chi connectivity index (χ2v) is 2.65. The number of nitrogens with one attached hydrogen (secondary N) is 1. The third kappa shape index (κ3) is 1.91. The molecule has 0 atom stereocenters. The summed E-state index contributed by atoms with van der Waals surface area (Å²) in [5.41, 5.74) is 0.597. The maximum Gasteiger partial charge on any atom is 0.146 e. The number of rotatable bonds is 2. The Kier molecular flexibility index (Phi) is 2.85. The normalized spacial score (nSPS) is 10.1. The van der Waals surface area contributed by atoms with E-state index in [1.54, 1.807) is 19.2 Å². The third-order valence-corrected chi connectivity index (χ3v) is 1.69. The average Bonchev–Trinajstić information content (AvgIpc) is 1.99. The van der Waals surface area contributed by atoms with Crippen LogP contribution in [0.1, 0.15) is 5.56 Å². The summed E-state index contributed by atoms with van der Waals surface area (Å²) in [5, 5.41) is 3.03. The van der Waals surface area contributed by atoms with Crippen molar-refractivity contribution in [2.75, 3.05) is 7.05 Å². The van der Waals surface area contributed by atoms with Crippen molar-refractivity contribution in [2.45, 2.75) is 6.54 Å². The molecule has 0 bridgehead atoms. The van der Waals surface area contributed by atoms with Gasteiger partial charge in [0.1, 0.15) is 5.82 Å². The van der Waals surface area contributed by atoms with E-state index in [-0.39, 0.29) is 10.8 Å². The molecule has 1 nitrogen and oxygen atoms in total. The number of hydrogen-bond acceptors (Lipinski definition) is 1. The standard InChI is InChI=1S/C8H9ClFN/c1-11-5-6-3-2-4-7(9)8(6)10/h2-4,11H,5H2,1H3. The van der Waals surface area contributed by atoms with Crippen LogP contribution < -0.4 is 5.32 Å². The maximum absolute atomic E-state index is 13.0. The molecule has 0 saturated heterocycles. The Morgan fingerprint density at radius 2 is 2.27 bits per heavy atom. The smallest absolute Gasteiger partial charge is 0.146 e. The molecule has 1 N–H and O–H groups in total. The van der Waals surface area contributed by atoms with Crippen LogP contribution >= 0.6 is 11.6 Å². The first-order chi connectivity index (χ1) is 5.25. The van der Waals surface area contributed by atoms with Gasteiger partial charge in [-0.3, -0.25) is 0 Å². The zero-order valence-corrected chi connectivity index (χ0v) is 6.95. The van der Waals surface area contributed by atoms with Crippen molar-refractivity contribution in [1.29, 1.82) is 0 Å². The quantitative estimate of drug-likeness (QED) is 0.723. The minimum atomic E-state index is -0.330. The summed E-state index contributed by atoms with van der Waals surface area (Å²) in [6.45, 7) is 0.506. The second kappa shape index (κ2) is 3.69. The van der Waals surface area contributed by atoms with Gasteiger partial charge in [0.15, 0.2) is 0 Å². The molecule has 1 aromatic carbocycles. The highest BCUT2D eigenvalue weighted by atomic mass is 35.5. The molecule has 0 aliphatic rings. The van der Waals surface area contributed by atoms with Crippen molar-refractivity contribution in [3.63, 3.8) is 0 Å². The van der Waals surface area contributed by atoms with E-state index >= 15 is 0 Å². The third-order valence-electron chi connectivity index (χ3n) is 1.40. The Morgan fingerprint density at radius 3 is 2.91 bits per heavy atom. The van der Waals surface area contributed by atoms with Gasteiger partial charge in [-0.1, -0.05) is 23.7 Å².